The molecule has 4 heteroatoms. The zero-order valence-electron chi connectivity index (χ0n) is 12.7. The maximum atomic E-state index is 12.4. The summed E-state index contributed by atoms with van der Waals surface area (Å²) in [6, 6.07) is 8.33. The quantitative estimate of drug-likeness (QED) is 0.783. The van der Waals surface area contributed by atoms with Crippen molar-refractivity contribution in [2.75, 3.05) is 13.7 Å². The molecule has 1 atom stereocenters. The molecule has 0 heterocycles. The van der Waals surface area contributed by atoms with Gasteiger partial charge in [0, 0.05) is 6.04 Å². The van der Waals surface area contributed by atoms with E-state index in [9.17, 15) is 4.79 Å². The highest BCUT2D eigenvalue weighted by molar-refractivity contribution is 5.82. The number of hydrogen-bond acceptors (Lipinski definition) is 4. The van der Waals surface area contributed by atoms with Crippen molar-refractivity contribution in [1.82, 2.24) is 5.32 Å². The summed E-state index contributed by atoms with van der Waals surface area (Å²) in [7, 11) is 1.46. The van der Waals surface area contributed by atoms with Crippen LogP contribution in [0.15, 0.2) is 24.3 Å². The van der Waals surface area contributed by atoms with Gasteiger partial charge in [0.25, 0.3) is 0 Å². The number of aryl methyl sites for hydroxylation is 1. The number of carbonyl (C=O) groups excluding carboxylic acids is 1. The molecule has 1 N–H and O–H groups in total. The van der Waals surface area contributed by atoms with Crippen LogP contribution in [-0.4, -0.2) is 31.3 Å². The van der Waals surface area contributed by atoms with Gasteiger partial charge in [-0.05, 0) is 50.2 Å². The average Bonchev–Trinajstić information content (AvgIpc) is 3.37. The van der Waals surface area contributed by atoms with Gasteiger partial charge in [-0.1, -0.05) is 18.2 Å². The lowest BCUT2D eigenvalue weighted by atomic mass is 9.93. The SMILES string of the molecule is COC(=O)C(COc1ccccc1C)(NC1CC1)C1CC1. The fourth-order valence-electron chi connectivity index (χ4n) is 2.82. The van der Waals surface area contributed by atoms with Crippen LogP contribution in [0.1, 0.15) is 31.2 Å². The van der Waals surface area contributed by atoms with Crippen molar-refractivity contribution in [3.05, 3.63) is 29.8 Å². The summed E-state index contributed by atoms with van der Waals surface area (Å²) >= 11 is 0. The Morgan fingerprint density at radius 2 is 2.00 bits per heavy atom. The third-order valence-electron chi connectivity index (χ3n) is 4.41. The van der Waals surface area contributed by atoms with Crippen molar-refractivity contribution in [2.24, 2.45) is 5.92 Å². The van der Waals surface area contributed by atoms with Crippen molar-refractivity contribution < 1.29 is 14.3 Å². The van der Waals surface area contributed by atoms with Gasteiger partial charge in [-0.2, -0.15) is 0 Å². The van der Waals surface area contributed by atoms with Crippen LogP contribution in [0.5, 0.6) is 5.75 Å². The first-order valence-electron chi connectivity index (χ1n) is 7.70. The van der Waals surface area contributed by atoms with Crippen molar-refractivity contribution in [3.63, 3.8) is 0 Å². The number of methoxy groups -OCH3 is 1. The second-order valence-electron chi connectivity index (χ2n) is 6.21. The first kappa shape index (κ1) is 14.4. The van der Waals surface area contributed by atoms with Crippen LogP contribution >= 0.6 is 0 Å². The molecular formula is C17H23NO3. The molecule has 1 aromatic rings. The van der Waals surface area contributed by atoms with E-state index in [0.717, 1.165) is 37.0 Å². The van der Waals surface area contributed by atoms with E-state index in [1.54, 1.807) is 0 Å². The van der Waals surface area contributed by atoms with E-state index in [-0.39, 0.29) is 5.97 Å². The number of nitrogens with one attached hydrogen (secondary N) is 1. The van der Waals surface area contributed by atoms with Crippen LogP contribution < -0.4 is 10.1 Å². The summed E-state index contributed by atoms with van der Waals surface area (Å²) in [6.07, 6.45) is 4.39. The predicted octanol–water partition coefficient (Wildman–Crippen LogP) is 2.45. The normalized spacial score (nSPS) is 20.7. The molecule has 1 aromatic carbocycles. The van der Waals surface area contributed by atoms with Crippen LogP contribution in [0.2, 0.25) is 0 Å². The number of hydrogen-bond donors (Lipinski definition) is 1. The van der Waals surface area contributed by atoms with E-state index in [1.807, 2.05) is 31.2 Å². The molecule has 0 aliphatic heterocycles. The van der Waals surface area contributed by atoms with Gasteiger partial charge < -0.3 is 9.47 Å². The third-order valence-corrected chi connectivity index (χ3v) is 4.41. The Morgan fingerprint density at radius 3 is 2.57 bits per heavy atom. The zero-order valence-corrected chi connectivity index (χ0v) is 12.7. The summed E-state index contributed by atoms with van der Waals surface area (Å²) in [6.45, 7) is 2.35. The van der Waals surface area contributed by atoms with E-state index in [1.165, 1.54) is 7.11 Å². The second kappa shape index (κ2) is 5.68. The summed E-state index contributed by atoms with van der Waals surface area (Å²) < 4.78 is 11.1. The number of ether oxygens (including phenoxy) is 2. The lowest BCUT2D eigenvalue weighted by Crippen LogP contribution is -2.59. The molecule has 0 saturated heterocycles. The zero-order chi connectivity index (χ0) is 14.9. The minimum Gasteiger partial charge on any atom is -0.491 e. The molecule has 2 saturated carbocycles. The molecule has 0 bridgehead atoms. The number of carbonyl (C=O) groups is 1. The van der Waals surface area contributed by atoms with Gasteiger partial charge in [0.2, 0.25) is 0 Å². The van der Waals surface area contributed by atoms with Gasteiger partial charge >= 0.3 is 5.97 Å². The molecule has 2 fully saturated rings. The number of para-hydroxylation sites is 1. The molecule has 2 aliphatic carbocycles. The molecular weight excluding hydrogens is 266 g/mol. The number of rotatable bonds is 7. The standard InChI is InChI=1S/C17H23NO3/c1-12-5-3-4-6-15(12)21-11-17(13-7-8-13,16(19)20-2)18-14-9-10-14/h3-6,13-14,18H,7-11H2,1-2H3. The lowest BCUT2D eigenvalue weighted by Gasteiger charge is -2.32. The minimum absolute atomic E-state index is 0.189. The predicted molar refractivity (Wildman–Crippen MR) is 80.3 cm³/mol. The lowest BCUT2D eigenvalue weighted by molar-refractivity contribution is -0.151. The molecule has 4 nitrogen and oxygen atoms in total. The van der Waals surface area contributed by atoms with Crippen molar-refractivity contribution in [3.8, 4) is 5.75 Å². The van der Waals surface area contributed by atoms with Gasteiger partial charge in [0.1, 0.15) is 12.4 Å². The van der Waals surface area contributed by atoms with E-state index in [0.29, 0.717) is 18.6 Å². The summed E-state index contributed by atoms with van der Waals surface area (Å²) in [5.41, 5.74) is 0.400. The highest BCUT2D eigenvalue weighted by Gasteiger charge is 2.54. The van der Waals surface area contributed by atoms with Crippen LogP contribution in [0.25, 0.3) is 0 Å². The summed E-state index contributed by atoms with van der Waals surface area (Å²) in [5.74, 6) is 0.976. The molecule has 0 spiro atoms. The van der Waals surface area contributed by atoms with Gasteiger partial charge in [0.15, 0.2) is 5.54 Å². The molecule has 1 unspecified atom stereocenters. The maximum Gasteiger partial charge on any atom is 0.329 e. The summed E-state index contributed by atoms with van der Waals surface area (Å²) in [5, 5.41) is 3.51. The van der Waals surface area contributed by atoms with Gasteiger partial charge in [-0.15, -0.1) is 0 Å². The fraction of sp³-hybridized carbons (Fsp3) is 0.588. The van der Waals surface area contributed by atoms with Crippen molar-refractivity contribution in [2.45, 2.75) is 44.2 Å². The Balaban J connectivity index is 1.77. The average molecular weight is 289 g/mol. The highest BCUT2D eigenvalue weighted by atomic mass is 16.5. The smallest absolute Gasteiger partial charge is 0.329 e. The second-order valence-corrected chi connectivity index (χ2v) is 6.21. The fourth-order valence-corrected chi connectivity index (χ4v) is 2.82. The molecule has 0 radical (unpaired) electrons. The molecule has 21 heavy (non-hydrogen) atoms. The first-order valence-corrected chi connectivity index (χ1v) is 7.70. The number of esters is 1. The summed E-state index contributed by atoms with van der Waals surface area (Å²) in [4.78, 5) is 12.4. The van der Waals surface area contributed by atoms with E-state index < -0.39 is 5.54 Å². The third kappa shape index (κ3) is 3.05. The van der Waals surface area contributed by atoms with Gasteiger partial charge in [-0.3, -0.25) is 5.32 Å². The van der Waals surface area contributed by atoms with E-state index in [2.05, 4.69) is 5.32 Å². The highest BCUT2D eigenvalue weighted by Crippen LogP contribution is 2.42. The molecule has 114 valence electrons. The molecule has 3 rings (SSSR count). The Labute approximate surface area is 125 Å². The van der Waals surface area contributed by atoms with Crippen LogP contribution in [0.4, 0.5) is 0 Å². The Hall–Kier alpha value is -1.55. The van der Waals surface area contributed by atoms with Crippen LogP contribution in [0, 0.1) is 12.8 Å². The maximum absolute atomic E-state index is 12.4. The largest absolute Gasteiger partial charge is 0.491 e. The number of benzene rings is 1. The Morgan fingerprint density at radius 1 is 1.29 bits per heavy atom. The van der Waals surface area contributed by atoms with E-state index in [4.69, 9.17) is 9.47 Å². The van der Waals surface area contributed by atoms with Gasteiger partial charge in [0.05, 0.1) is 7.11 Å². The van der Waals surface area contributed by atoms with E-state index >= 15 is 0 Å². The Bertz CT molecular complexity index is 523. The van der Waals surface area contributed by atoms with Crippen LogP contribution in [-0.2, 0) is 9.53 Å². The molecule has 2 aliphatic rings. The molecule has 0 amide bonds. The Kier molecular flexibility index (Phi) is 3.89. The van der Waals surface area contributed by atoms with Crippen molar-refractivity contribution >= 4 is 5.97 Å². The minimum atomic E-state index is -0.682. The van der Waals surface area contributed by atoms with Gasteiger partial charge in [-0.25, -0.2) is 4.79 Å². The van der Waals surface area contributed by atoms with Crippen LogP contribution in [0.3, 0.4) is 0 Å². The van der Waals surface area contributed by atoms with Crippen molar-refractivity contribution in [1.29, 1.82) is 0 Å². The topological polar surface area (TPSA) is 47.6 Å². The monoisotopic (exact) mass is 289 g/mol. The first-order chi connectivity index (χ1) is 10.2. The molecule has 0 aromatic heterocycles.